The topological polar surface area (TPSA) is 37.4 Å². The molecule has 0 aliphatic carbocycles. The minimum absolute atomic E-state index is 0.117. The van der Waals surface area contributed by atoms with Crippen LogP contribution in [0, 0.1) is 0 Å². The summed E-state index contributed by atoms with van der Waals surface area (Å²) in [6.07, 6.45) is 3.78. The minimum atomic E-state index is -3.50. The van der Waals surface area contributed by atoms with Gasteiger partial charge in [-0.15, -0.1) is 11.6 Å². The van der Waals surface area contributed by atoms with Crippen LogP contribution >= 0.6 is 23.2 Å². The van der Waals surface area contributed by atoms with Crippen LogP contribution in [0.15, 0.2) is 29.2 Å². The third-order valence-electron chi connectivity index (χ3n) is 3.40. The molecule has 1 aromatic rings. The fraction of sp³-hybridized carbons (Fsp3) is 0.538. The van der Waals surface area contributed by atoms with Crippen LogP contribution in [0.3, 0.4) is 0 Å². The Bertz CT molecular complexity index is 533. The van der Waals surface area contributed by atoms with Gasteiger partial charge in [-0.1, -0.05) is 30.5 Å². The number of halogens is 2. The lowest BCUT2D eigenvalue weighted by Crippen LogP contribution is -2.41. The molecular formula is C13H17Cl2NO2S. The highest BCUT2D eigenvalue weighted by Crippen LogP contribution is 2.26. The summed E-state index contributed by atoms with van der Waals surface area (Å²) in [6.45, 7) is 0.534. The van der Waals surface area contributed by atoms with Crippen LogP contribution in [0.1, 0.15) is 25.7 Å². The van der Waals surface area contributed by atoms with Crippen molar-refractivity contribution < 1.29 is 8.42 Å². The second-order valence-corrected chi connectivity index (χ2v) is 7.37. The normalized spacial score (nSPS) is 22.1. The van der Waals surface area contributed by atoms with Gasteiger partial charge in [0.2, 0.25) is 10.0 Å². The van der Waals surface area contributed by atoms with E-state index in [0.717, 1.165) is 25.7 Å². The molecule has 1 heterocycles. The molecule has 2 rings (SSSR count). The van der Waals surface area contributed by atoms with Crippen molar-refractivity contribution in [1.29, 1.82) is 0 Å². The average molecular weight is 322 g/mol. The average Bonchev–Trinajstić information content (AvgIpc) is 2.64. The Morgan fingerprint density at radius 1 is 1.26 bits per heavy atom. The molecule has 0 radical (unpaired) electrons. The van der Waals surface area contributed by atoms with Gasteiger partial charge in [0.05, 0.1) is 4.90 Å². The van der Waals surface area contributed by atoms with E-state index in [9.17, 15) is 8.42 Å². The van der Waals surface area contributed by atoms with E-state index in [4.69, 9.17) is 23.2 Å². The van der Waals surface area contributed by atoms with Crippen molar-refractivity contribution in [3.05, 3.63) is 29.3 Å². The van der Waals surface area contributed by atoms with E-state index in [2.05, 4.69) is 0 Å². The van der Waals surface area contributed by atoms with E-state index in [0.29, 0.717) is 17.4 Å². The molecular weight excluding hydrogens is 305 g/mol. The summed E-state index contributed by atoms with van der Waals surface area (Å²) in [4.78, 5) is 0.247. The maximum atomic E-state index is 12.7. The number of sulfonamides is 1. The second-order valence-electron chi connectivity index (χ2n) is 4.73. The Labute approximate surface area is 124 Å². The Hall–Kier alpha value is -0.290. The highest BCUT2D eigenvalue weighted by atomic mass is 35.5. The predicted molar refractivity (Wildman–Crippen MR) is 78.3 cm³/mol. The quantitative estimate of drug-likeness (QED) is 0.799. The molecule has 1 fully saturated rings. The highest BCUT2D eigenvalue weighted by Gasteiger charge is 2.31. The zero-order valence-electron chi connectivity index (χ0n) is 10.6. The van der Waals surface area contributed by atoms with E-state index in [1.165, 1.54) is 6.07 Å². The molecule has 6 heteroatoms. The van der Waals surface area contributed by atoms with Crippen molar-refractivity contribution in [2.45, 2.75) is 36.6 Å². The summed E-state index contributed by atoms with van der Waals surface area (Å²) >= 11 is 11.8. The van der Waals surface area contributed by atoms with Gasteiger partial charge in [0.1, 0.15) is 0 Å². The van der Waals surface area contributed by atoms with E-state index in [1.807, 2.05) is 0 Å². The molecule has 3 nitrogen and oxygen atoms in total. The summed E-state index contributed by atoms with van der Waals surface area (Å²) in [7, 11) is -3.50. The van der Waals surface area contributed by atoms with E-state index in [1.54, 1.807) is 22.5 Å². The lowest BCUT2D eigenvalue weighted by molar-refractivity contribution is 0.345. The molecule has 19 heavy (non-hydrogen) atoms. The summed E-state index contributed by atoms with van der Waals surface area (Å²) in [5.74, 6) is 0.333. The van der Waals surface area contributed by atoms with Gasteiger partial charge in [0, 0.05) is 23.5 Å². The monoisotopic (exact) mass is 321 g/mol. The number of hydrogen-bond acceptors (Lipinski definition) is 2. The minimum Gasteiger partial charge on any atom is -0.207 e. The third kappa shape index (κ3) is 3.43. The molecule has 1 unspecified atom stereocenters. The third-order valence-corrected chi connectivity index (χ3v) is 5.94. The van der Waals surface area contributed by atoms with Crippen molar-refractivity contribution in [1.82, 2.24) is 4.31 Å². The summed E-state index contributed by atoms with van der Waals surface area (Å²) in [6, 6.07) is 6.28. The summed E-state index contributed by atoms with van der Waals surface area (Å²) in [5.41, 5.74) is 0. The first-order valence-corrected chi connectivity index (χ1v) is 8.74. The van der Waals surface area contributed by atoms with Crippen LogP contribution in [-0.2, 0) is 10.0 Å². The van der Waals surface area contributed by atoms with Gasteiger partial charge < -0.3 is 0 Å². The fourth-order valence-corrected chi connectivity index (χ4v) is 4.78. The van der Waals surface area contributed by atoms with Gasteiger partial charge in [0.15, 0.2) is 0 Å². The van der Waals surface area contributed by atoms with Gasteiger partial charge in [-0.25, -0.2) is 8.42 Å². The van der Waals surface area contributed by atoms with Crippen LogP contribution in [-0.4, -0.2) is 31.2 Å². The summed E-state index contributed by atoms with van der Waals surface area (Å²) < 4.78 is 26.9. The molecule has 1 atom stereocenters. The molecule has 0 spiro atoms. The zero-order valence-corrected chi connectivity index (χ0v) is 12.9. The van der Waals surface area contributed by atoms with Gasteiger partial charge >= 0.3 is 0 Å². The molecule has 0 aromatic heterocycles. The smallest absolute Gasteiger partial charge is 0.207 e. The van der Waals surface area contributed by atoms with Gasteiger partial charge in [-0.3, -0.25) is 0 Å². The van der Waals surface area contributed by atoms with E-state index >= 15 is 0 Å². The molecule has 1 aliphatic heterocycles. The van der Waals surface area contributed by atoms with Crippen LogP contribution in [0.2, 0.25) is 5.02 Å². The zero-order chi connectivity index (χ0) is 13.9. The van der Waals surface area contributed by atoms with Crippen molar-refractivity contribution in [3.63, 3.8) is 0 Å². The Morgan fingerprint density at radius 3 is 2.74 bits per heavy atom. The first-order valence-electron chi connectivity index (χ1n) is 6.39. The SMILES string of the molecule is O=S(=O)(c1cccc(Cl)c1)N1CCCCCC1CCl. The largest absolute Gasteiger partial charge is 0.243 e. The van der Waals surface area contributed by atoms with Gasteiger partial charge in [-0.2, -0.15) is 4.31 Å². The van der Waals surface area contributed by atoms with Crippen LogP contribution in [0.5, 0.6) is 0 Å². The molecule has 0 bridgehead atoms. The number of hydrogen-bond donors (Lipinski definition) is 0. The molecule has 1 saturated heterocycles. The number of benzene rings is 1. The van der Waals surface area contributed by atoms with Crippen LogP contribution < -0.4 is 0 Å². The van der Waals surface area contributed by atoms with Crippen molar-refractivity contribution >= 4 is 33.2 Å². The van der Waals surface area contributed by atoms with Crippen LogP contribution in [0.4, 0.5) is 0 Å². The number of rotatable bonds is 3. The number of alkyl halides is 1. The Morgan fingerprint density at radius 2 is 2.05 bits per heavy atom. The van der Waals surface area contributed by atoms with Gasteiger partial charge in [0.25, 0.3) is 0 Å². The first-order chi connectivity index (χ1) is 9.05. The molecule has 1 aliphatic rings. The molecule has 0 N–H and O–H groups in total. The number of nitrogens with zero attached hydrogens (tertiary/aromatic N) is 1. The molecule has 106 valence electrons. The standard InChI is InChI=1S/C13H17Cl2NO2S/c14-10-12-6-2-1-3-8-16(12)19(17,18)13-7-4-5-11(15)9-13/h4-5,7,9,12H,1-3,6,8,10H2. The second kappa shape index (κ2) is 6.44. The maximum absolute atomic E-state index is 12.7. The molecule has 1 aromatic carbocycles. The van der Waals surface area contributed by atoms with E-state index < -0.39 is 10.0 Å². The van der Waals surface area contributed by atoms with Crippen molar-refractivity contribution in [2.75, 3.05) is 12.4 Å². The van der Waals surface area contributed by atoms with E-state index in [-0.39, 0.29) is 10.9 Å². The first kappa shape index (κ1) is 15.1. The molecule has 0 saturated carbocycles. The highest BCUT2D eigenvalue weighted by molar-refractivity contribution is 7.89. The lowest BCUT2D eigenvalue weighted by Gasteiger charge is -2.27. The Balaban J connectivity index is 2.36. The van der Waals surface area contributed by atoms with Crippen LogP contribution in [0.25, 0.3) is 0 Å². The maximum Gasteiger partial charge on any atom is 0.243 e. The lowest BCUT2D eigenvalue weighted by atomic mass is 10.1. The van der Waals surface area contributed by atoms with Crippen molar-refractivity contribution in [2.24, 2.45) is 0 Å². The van der Waals surface area contributed by atoms with Crippen molar-refractivity contribution in [3.8, 4) is 0 Å². The van der Waals surface area contributed by atoms with Gasteiger partial charge in [-0.05, 0) is 31.0 Å². The predicted octanol–water partition coefficient (Wildman–Crippen LogP) is 3.51. The molecule has 0 amide bonds. The summed E-state index contributed by atoms with van der Waals surface area (Å²) in [5, 5.41) is 0.429. The Kier molecular flexibility index (Phi) is 5.12. The fourth-order valence-electron chi connectivity index (χ4n) is 2.38.